The van der Waals surface area contributed by atoms with Gasteiger partial charge in [0.15, 0.2) is 0 Å². The second kappa shape index (κ2) is 18.2. The zero-order chi connectivity index (χ0) is 7.78. The minimum absolute atomic E-state index is 0. The van der Waals surface area contributed by atoms with Gasteiger partial charge in [-0.2, -0.15) is 0 Å². The molecular weight excluding hydrogens is 267 g/mol. The van der Waals surface area contributed by atoms with E-state index < -0.39 is 0 Å². The molecule has 9 heteroatoms. The third kappa shape index (κ3) is 14.8. The smallest absolute Gasteiger partial charge is 0.0529 e. The van der Waals surface area contributed by atoms with Crippen LogP contribution in [0.5, 0.6) is 0 Å². The Balaban J connectivity index is -0.000000144. The Bertz CT molecular complexity index is 181. The molecule has 0 atom stereocenters. The maximum atomic E-state index is 3.42. The third-order valence-electron chi connectivity index (χ3n) is 0.654. The van der Waals surface area contributed by atoms with Gasteiger partial charge in [0.25, 0.3) is 0 Å². The van der Waals surface area contributed by atoms with Gasteiger partial charge in [-0.05, 0) is 31.9 Å². The standard InChI is InChI=1S/C3H3N3.C2H2S3.3Na/c1-2-4-6-5-3-1;1-2-4-5-3-1;;;/h1-3H;1-2H;;;. The number of hydrogen-bond donors (Lipinski definition) is 0. The SMILES string of the molecule is C1=CSSS1.[Na].[Na].[Na].c1cnnnc1. The van der Waals surface area contributed by atoms with E-state index in [1.807, 2.05) is 0 Å². The van der Waals surface area contributed by atoms with Crippen LogP contribution in [0.4, 0.5) is 0 Å². The van der Waals surface area contributed by atoms with Crippen LogP contribution in [-0.4, -0.2) is 104 Å². The molecule has 0 saturated carbocycles. The van der Waals surface area contributed by atoms with Crippen molar-refractivity contribution in [3.05, 3.63) is 29.3 Å². The summed E-state index contributed by atoms with van der Waals surface area (Å²) >= 11 is 0. The Morgan fingerprint density at radius 1 is 0.786 bits per heavy atom. The number of hydrogen-bond acceptors (Lipinski definition) is 6. The van der Waals surface area contributed by atoms with Gasteiger partial charge in [-0.3, -0.25) is 0 Å². The molecular formula is C5H5N3Na3S3. The van der Waals surface area contributed by atoms with Crippen LogP contribution in [0.25, 0.3) is 0 Å². The van der Waals surface area contributed by atoms with Gasteiger partial charge in [0.05, 0.1) is 12.4 Å². The van der Waals surface area contributed by atoms with Crippen LogP contribution in [-0.2, 0) is 0 Å². The molecule has 0 aliphatic carbocycles. The van der Waals surface area contributed by atoms with Crippen molar-refractivity contribution in [2.24, 2.45) is 0 Å². The summed E-state index contributed by atoms with van der Waals surface area (Å²) < 4.78 is 0. The molecule has 1 aliphatic heterocycles. The molecule has 1 aromatic heterocycles. The van der Waals surface area contributed by atoms with Gasteiger partial charge < -0.3 is 0 Å². The first-order valence-electron chi connectivity index (χ1n) is 2.72. The second-order valence-electron chi connectivity index (χ2n) is 1.34. The molecule has 0 fully saturated rings. The van der Waals surface area contributed by atoms with Crippen molar-refractivity contribution in [2.75, 3.05) is 0 Å². The molecule has 14 heavy (non-hydrogen) atoms. The number of aromatic nitrogens is 3. The van der Waals surface area contributed by atoms with E-state index in [4.69, 9.17) is 0 Å². The van der Waals surface area contributed by atoms with Gasteiger partial charge >= 0.3 is 0 Å². The molecule has 2 rings (SSSR count). The molecule has 0 bridgehead atoms. The summed E-state index contributed by atoms with van der Waals surface area (Å²) in [6, 6.07) is 1.72. The Morgan fingerprint density at radius 2 is 1.29 bits per heavy atom. The average molecular weight is 272 g/mol. The molecule has 0 saturated heterocycles. The van der Waals surface area contributed by atoms with Crippen molar-refractivity contribution >= 4 is 120 Å². The molecule has 0 N–H and O–H groups in total. The molecule has 3 radical (unpaired) electrons. The summed E-state index contributed by atoms with van der Waals surface area (Å²) in [5, 5.41) is 14.3. The van der Waals surface area contributed by atoms with E-state index in [1.54, 1.807) is 49.9 Å². The van der Waals surface area contributed by atoms with Crippen molar-refractivity contribution in [3.8, 4) is 0 Å². The third-order valence-corrected chi connectivity index (χ3v) is 4.03. The molecule has 3 nitrogen and oxygen atoms in total. The van der Waals surface area contributed by atoms with Gasteiger partial charge in [0, 0.05) is 88.7 Å². The summed E-state index contributed by atoms with van der Waals surface area (Å²) in [5.41, 5.74) is 0. The van der Waals surface area contributed by atoms with E-state index in [-0.39, 0.29) is 88.7 Å². The van der Waals surface area contributed by atoms with E-state index in [2.05, 4.69) is 26.2 Å². The normalized spacial score (nSPS) is 10.9. The van der Waals surface area contributed by atoms with Crippen LogP contribution in [0.1, 0.15) is 0 Å². The molecule has 0 spiro atoms. The monoisotopic (exact) mass is 272 g/mol. The zero-order valence-electron chi connectivity index (χ0n) is 8.45. The van der Waals surface area contributed by atoms with E-state index in [0.717, 1.165) is 0 Å². The van der Waals surface area contributed by atoms with Gasteiger partial charge in [0.2, 0.25) is 0 Å². The van der Waals surface area contributed by atoms with E-state index in [1.165, 1.54) is 0 Å². The molecule has 0 aromatic carbocycles. The maximum absolute atomic E-state index is 3.42. The van der Waals surface area contributed by atoms with Crippen molar-refractivity contribution in [1.82, 2.24) is 15.4 Å². The van der Waals surface area contributed by atoms with Crippen LogP contribution in [0.15, 0.2) is 29.3 Å². The minimum Gasteiger partial charge on any atom is -0.139 e. The van der Waals surface area contributed by atoms with E-state index >= 15 is 0 Å². The summed E-state index contributed by atoms with van der Waals surface area (Å²) in [7, 11) is 5.34. The molecule has 0 unspecified atom stereocenters. The van der Waals surface area contributed by atoms with Crippen LogP contribution in [0, 0.1) is 0 Å². The fraction of sp³-hybridized carbons (Fsp3) is 0. The van der Waals surface area contributed by atoms with Crippen LogP contribution >= 0.6 is 31.4 Å². The molecule has 0 amide bonds. The maximum Gasteiger partial charge on any atom is 0.0529 e. The Kier molecular flexibility index (Phi) is 28.6. The van der Waals surface area contributed by atoms with Gasteiger partial charge in [-0.15, -0.1) is 10.2 Å². The van der Waals surface area contributed by atoms with Crippen LogP contribution in [0.2, 0.25) is 0 Å². The van der Waals surface area contributed by atoms with E-state index in [9.17, 15) is 0 Å². The van der Waals surface area contributed by atoms with Gasteiger partial charge in [-0.25, -0.2) is 0 Å². The topological polar surface area (TPSA) is 38.7 Å². The minimum atomic E-state index is 0. The average Bonchev–Trinajstić information content (AvgIpc) is 2.64. The quantitative estimate of drug-likeness (QED) is 0.522. The van der Waals surface area contributed by atoms with Crippen molar-refractivity contribution in [3.63, 3.8) is 0 Å². The molecule has 2 heterocycles. The second-order valence-corrected chi connectivity index (χ2v) is 5.20. The predicted molar refractivity (Wildman–Crippen MR) is 69.0 cm³/mol. The fourth-order valence-electron chi connectivity index (χ4n) is 0.318. The number of rotatable bonds is 0. The molecule has 61 valence electrons. The Hall–Kier alpha value is 2.80. The van der Waals surface area contributed by atoms with E-state index in [0.29, 0.717) is 0 Å². The van der Waals surface area contributed by atoms with Crippen molar-refractivity contribution in [2.45, 2.75) is 0 Å². The number of nitrogens with zero attached hydrogens (tertiary/aromatic N) is 3. The van der Waals surface area contributed by atoms with Gasteiger partial charge in [-0.1, -0.05) is 21.6 Å². The Labute approximate surface area is 161 Å². The van der Waals surface area contributed by atoms with Crippen molar-refractivity contribution < 1.29 is 0 Å². The largest absolute Gasteiger partial charge is 0.139 e. The van der Waals surface area contributed by atoms with Crippen LogP contribution < -0.4 is 0 Å². The predicted octanol–water partition coefficient (Wildman–Crippen LogP) is 1.23. The zero-order valence-corrected chi connectivity index (χ0v) is 16.9. The summed E-state index contributed by atoms with van der Waals surface area (Å²) in [5.74, 6) is 0. The first-order chi connectivity index (χ1) is 5.50. The molecule has 1 aromatic rings. The Morgan fingerprint density at radius 3 is 1.43 bits per heavy atom. The summed E-state index contributed by atoms with van der Waals surface area (Å²) in [4.78, 5) is 0. The van der Waals surface area contributed by atoms with Crippen LogP contribution in [0.3, 0.4) is 0 Å². The first-order valence-corrected chi connectivity index (χ1v) is 6.33. The fourth-order valence-corrected chi connectivity index (χ4v) is 3.27. The van der Waals surface area contributed by atoms with Gasteiger partial charge in [0.1, 0.15) is 0 Å². The summed E-state index contributed by atoms with van der Waals surface area (Å²) in [6.45, 7) is 0. The first kappa shape index (κ1) is 22.0. The van der Waals surface area contributed by atoms with Crippen molar-refractivity contribution in [1.29, 1.82) is 0 Å². The summed E-state index contributed by atoms with van der Waals surface area (Å²) in [6.07, 6.45) is 3.15. The molecule has 1 aliphatic rings.